The molecule has 3 nitrogen and oxygen atoms in total. The van der Waals surface area contributed by atoms with E-state index in [1.807, 2.05) is 0 Å². The first-order valence-corrected chi connectivity index (χ1v) is 4.94. The number of nitrogens with one attached hydrogen (secondary N) is 1. The molecule has 82 valence electrons. The molecule has 1 unspecified atom stereocenters. The lowest BCUT2D eigenvalue weighted by molar-refractivity contribution is -0.117. The second kappa shape index (κ2) is 5.09. The quantitative estimate of drug-likeness (QED) is 0.836. The molecular weight excluding hydrogens is 219 g/mol. The molecule has 0 aliphatic heterocycles. The summed E-state index contributed by atoms with van der Waals surface area (Å²) in [6.07, 6.45) is 0.513. The average molecular weight is 231 g/mol. The SMILES string of the molecule is CCC(N)C(=O)Nc1cc(F)ccc1Cl. The molecule has 1 amide bonds. The fourth-order valence-electron chi connectivity index (χ4n) is 1.00. The number of carbonyl (C=O) groups excluding carboxylic acids is 1. The van der Waals surface area contributed by atoms with E-state index in [4.69, 9.17) is 17.3 Å². The first kappa shape index (κ1) is 11.9. The molecule has 1 aromatic carbocycles. The van der Waals surface area contributed by atoms with Gasteiger partial charge in [-0.05, 0) is 24.6 Å². The van der Waals surface area contributed by atoms with Gasteiger partial charge in [-0.2, -0.15) is 0 Å². The lowest BCUT2D eigenvalue weighted by Crippen LogP contribution is -2.34. The third-order valence-corrected chi connectivity index (χ3v) is 2.29. The summed E-state index contributed by atoms with van der Waals surface area (Å²) < 4.78 is 12.8. The van der Waals surface area contributed by atoms with Crippen LogP contribution >= 0.6 is 11.6 Å². The van der Waals surface area contributed by atoms with Gasteiger partial charge in [0.25, 0.3) is 0 Å². The second-order valence-corrected chi connectivity index (χ2v) is 3.54. The van der Waals surface area contributed by atoms with Crippen molar-refractivity contribution in [1.29, 1.82) is 0 Å². The van der Waals surface area contributed by atoms with Crippen LogP contribution in [0.1, 0.15) is 13.3 Å². The van der Waals surface area contributed by atoms with E-state index in [2.05, 4.69) is 5.32 Å². The Morgan fingerprint density at radius 1 is 1.67 bits per heavy atom. The van der Waals surface area contributed by atoms with Gasteiger partial charge in [-0.25, -0.2) is 4.39 Å². The van der Waals surface area contributed by atoms with Crippen LogP contribution in [0.3, 0.4) is 0 Å². The average Bonchev–Trinajstić information content (AvgIpc) is 2.22. The number of rotatable bonds is 3. The third kappa shape index (κ3) is 3.18. The monoisotopic (exact) mass is 230 g/mol. The van der Waals surface area contributed by atoms with Crippen molar-refractivity contribution < 1.29 is 9.18 Å². The van der Waals surface area contributed by atoms with Crippen molar-refractivity contribution in [2.24, 2.45) is 5.73 Å². The molecule has 0 spiro atoms. The van der Waals surface area contributed by atoms with Gasteiger partial charge in [-0.15, -0.1) is 0 Å². The molecule has 0 aromatic heterocycles. The van der Waals surface area contributed by atoms with Gasteiger partial charge in [0.1, 0.15) is 5.82 Å². The minimum Gasteiger partial charge on any atom is -0.323 e. The lowest BCUT2D eigenvalue weighted by Gasteiger charge is -2.11. The minimum absolute atomic E-state index is 0.241. The molecule has 1 rings (SSSR count). The molecule has 3 N–H and O–H groups in total. The molecule has 0 fully saturated rings. The highest BCUT2D eigenvalue weighted by Gasteiger charge is 2.12. The van der Waals surface area contributed by atoms with E-state index in [9.17, 15) is 9.18 Å². The summed E-state index contributed by atoms with van der Waals surface area (Å²) in [6.45, 7) is 1.79. The van der Waals surface area contributed by atoms with E-state index in [0.29, 0.717) is 6.42 Å². The number of hydrogen-bond acceptors (Lipinski definition) is 2. The fraction of sp³-hybridized carbons (Fsp3) is 0.300. The van der Waals surface area contributed by atoms with Crippen LogP contribution < -0.4 is 11.1 Å². The Morgan fingerprint density at radius 3 is 2.93 bits per heavy atom. The molecule has 1 atom stereocenters. The van der Waals surface area contributed by atoms with Crippen LogP contribution in [0.4, 0.5) is 10.1 Å². The summed E-state index contributed by atoms with van der Waals surface area (Å²) in [5.41, 5.74) is 5.74. The Kier molecular flexibility index (Phi) is 4.05. The molecule has 1 aromatic rings. The van der Waals surface area contributed by atoms with Crippen molar-refractivity contribution in [3.05, 3.63) is 29.0 Å². The zero-order valence-electron chi connectivity index (χ0n) is 8.26. The van der Waals surface area contributed by atoms with Gasteiger partial charge in [-0.1, -0.05) is 18.5 Å². The predicted molar refractivity (Wildman–Crippen MR) is 58.3 cm³/mol. The summed E-state index contributed by atoms with van der Waals surface area (Å²) >= 11 is 5.77. The largest absolute Gasteiger partial charge is 0.323 e. The van der Waals surface area contributed by atoms with Gasteiger partial charge in [0.2, 0.25) is 5.91 Å². The minimum atomic E-state index is -0.607. The number of amides is 1. The number of hydrogen-bond donors (Lipinski definition) is 2. The highest BCUT2D eigenvalue weighted by atomic mass is 35.5. The van der Waals surface area contributed by atoms with E-state index in [1.54, 1.807) is 6.92 Å². The van der Waals surface area contributed by atoms with Crippen molar-refractivity contribution in [2.45, 2.75) is 19.4 Å². The van der Waals surface area contributed by atoms with E-state index >= 15 is 0 Å². The molecule has 0 aliphatic carbocycles. The lowest BCUT2D eigenvalue weighted by atomic mass is 10.2. The second-order valence-electron chi connectivity index (χ2n) is 3.13. The van der Waals surface area contributed by atoms with Gasteiger partial charge in [0, 0.05) is 0 Å². The molecule has 0 radical (unpaired) electrons. The maximum absolute atomic E-state index is 12.8. The van der Waals surface area contributed by atoms with Crippen molar-refractivity contribution >= 4 is 23.2 Å². The van der Waals surface area contributed by atoms with Gasteiger partial charge in [0.15, 0.2) is 0 Å². The number of nitrogens with two attached hydrogens (primary N) is 1. The zero-order chi connectivity index (χ0) is 11.4. The van der Waals surface area contributed by atoms with Gasteiger partial charge < -0.3 is 11.1 Å². The molecule has 0 heterocycles. The van der Waals surface area contributed by atoms with Crippen molar-refractivity contribution in [3.8, 4) is 0 Å². The standard InChI is InChI=1S/C10H12ClFN2O/c1-2-8(13)10(15)14-9-5-6(12)3-4-7(9)11/h3-5,8H,2,13H2,1H3,(H,14,15). The normalized spacial score (nSPS) is 12.3. The van der Waals surface area contributed by atoms with Crippen molar-refractivity contribution in [1.82, 2.24) is 0 Å². The summed E-state index contributed by atoms with van der Waals surface area (Å²) in [5.74, 6) is -0.829. The molecule has 5 heteroatoms. The third-order valence-electron chi connectivity index (χ3n) is 1.96. The van der Waals surface area contributed by atoms with E-state index < -0.39 is 11.9 Å². The molecular formula is C10H12ClFN2O. The van der Waals surface area contributed by atoms with Gasteiger partial charge in [-0.3, -0.25) is 4.79 Å². The van der Waals surface area contributed by atoms with Gasteiger partial charge >= 0.3 is 0 Å². The number of carbonyl (C=O) groups is 1. The summed E-state index contributed by atoms with van der Waals surface area (Å²) in [5, 5.41) is 2.75. The Hall–Kier alpha value is -1.13. The number of halogens is 2. The van der Waals surface area contributed by atoms with Crippen LogP contribution in [0, 0.1) is 5.82 Å². The van der Waals surface area contributed by atoms with Crippen molar-refractivity contribution in [2.75, 3.05) is 5.32 Å². The maximum Gasteiger partial charge on any atom is 0.241 e. The molecule has 0 saturated carbocycles. The van der Waals surface area contributed by atoms with Gasteiger partial charge in [0.05, 0.1) is 16.8 Å². The smallest absolute Gasteiger partial charge is 0.241 e. The Morgan fingerprint density at radius 2 is 2.33 bits per heavy atom. The van der Waals surface area contributed by atoms with Crippen LogP contribution in [0.25, 0.3) is 0 Å². The number of benzene rings is 1. The van der Waals surface area contributed by atoms with E-state index in [0.717, 1.165) is 6.07 Å². The fourth-order valence-corrected chi connectivity index (χ4v) is 1.17. The highest BCUT2D eigenvalue weighted by Crippen LogP contribution is 2.22. The van der Waals surface area contributed by atoms with E-state index in [-0.39, 0.29) is 16.6 Å². The molecule has 0 saturated heterocycles. The summed E-state index contributed by atoms with van der Waals surface area (Å²) in [7, 11) is 0. The van der Waals surface area contributed by atoms with Crippen LogP contribution in [0.2, 0.25) is 5.02 Å². The van der Waals surface area contributed by atoms with Crippen LogP contribution in [0.5, 0.6) is 0 Å². The number of anilines is 1. The van der Waals surface area contributed by atoms with Crippen LogP contribution in [0.15, 0.2) is 18.2 Å². The topological polar surface area (TPSA) is 55.1 Å². The Labute approximate surface area is 92.4 Å². The molecule has 0 aliphatic rings. The predicted octanol–water partition coefficient (Wildman–Crippen LogP) is 2.15. The van der Waals surface area contributed by atoms with E-state index in [1.165, 1.54) is 12.1 Å². The van der Waals surface area contributed by atoms with Crippen LogP contribution in [-0.4, -0.2) is 11.9 Å². The first-order chi connectivity index (χ1) is 7.04. The Balaban J connectivity index is 2.80. The summed E-state index contributed by atoms with van der Waals surface area (Å²) in [4.78, 5) is 11.4. The maximum atomic E-state index is 12.8. The molecule has 0 bridgehead atoms. The summed E-state index contributed by atoms with van der Waals surface area (Å²) in [6, 6.07) is 3.15. The molecule has 15 heavy (non-hydrogen) atoms. The first-order valence-electron chi connectivity index (χ1n) is 4.56. The van der Waals surface area contributed by atoms with Crippen molar-refractivity contribution in [3.63, 3.8) is 0 Å². The Bertz CT molecular complexity index is 370. The highest BCUT2D eigenvalue weighted by molar-refractivity contribution is 6.33. The zero-order valence-corrected chi connectivity index (χ0v) is 9.01. The van der Waals surface area contributed by atoms with Crippen LogP contribution in [-0.2, 0) is 4.79 Å².